The molecule has 1 fully saturated rings. The molecule has 3 rings (SSSR count). The number of aromatic nitrogens is 1. The summed E-state index contributed by atoms with van der Waals surface area (Å²) in [5.41, 5.74) is 2.51. The van der Waals surface area contributed by atoms with Gasteiger partial charge in [0.15, 0.2) is 0 Å². The number of nitrogens with zero attached hydrogens (tertiary/aromatic N) is 2. The van der Waals surface area contributed by atoms with Crippen molar-refractivity contribution in [3.8, 4) is 0 Å². The average molecular weight is 294 g/mol. The normalized spacial score (nSPS) is 17.6. The minimum Gasteiger partial charge on any atom is -0.342 e. The van der Waals surface area contributed by atoms with Crippen LogP contribution >= 0.6 is 0 Å². The third-order valence-electron chi connectivity index (χ3n) is 4.36. The highest BCUT2D eigenvalue weighted by atomic mass is 16.2. The Morgan fingerprint density at radius 3 is 2.73 bits per heavy atom. The highest BCUT2D eigenvalue weighted by Crippen LogP contribution is 2.21. The van der Waals surface area contributed by atoms with Crippen LogP contribution in [0.25, 0.3) is 0 Å². The van der Waals surface area contributed by atoms with E-state index < -0.39 is 0 Å². The van der Waals surface area contributed by atoms with Gasteiger partial charge in [-0.05, 0) is 42.4 Å². The van der Waals surface area contributed by atoms with Crippen LogP contribution in [0.2, 0.25) is 0 Å². The number of aryl methyl sites for hydroxylation is 1. The molecule has 0 N–H and O–H groups in total. The van der Waals surface area contributed by atoms with E-state index in [1.54, 1.807) is 6.20 Å². The van der Waals surface area contributed by atoms with E-state index in [9.17, 15) is 4.79 Å². The van der Waals surface area contributed by atoms with Gasteiger partial charge in [0.1, 0.15) is 0 Å². The predicted molar refractivity (Wildman–Crippen MR) is 87.4 cm³/mol. The van der Waals surface area contributed by atoms with Crippen LogP contribution in [0.1, 0.15) is 24.0 Å². The lowest BCUT2D eigenvalue weighted by atomic mass is 9.99. The number of hydrogen-bond donors (Lipinski definition) is 0. The van der Waals surface area contributed by atoms with Gasteiger partial charge in [-0.25, -0.2) is 0 Å². The maximum absolute atomic E-state index is 12.3. The van der Waals surface area contributed by atoms with Gasteiger partial charge >= 0.3 is 0 Å². The molecular weight excluding hydrogens is 272 g/mol. The summed E-state index contributed by atoms with van der Waals surface area (Å²) < 4.78 is 0. The minimum absolute atomic E-state index is 0.277. The second-order valence-electron chi connectivity index (χ2n) is 6.05. The Labute approximate surface area is 132 Å². The Bertz CT molecular complexity index is 597. The number of hydrogen-bond acceptors (Lipinski definition) is 2. The third kappa shape index (κ3) is 3.94. The molecule has 0 spiro atoms. The number of benzene rings is 1. The van der Waals surface area contributed by atoms with Crippen LogP contribution in [0.3, 0.4) is 0 Å². The number of rotatable bonds is 5. The van der Waals surface area contributed by atoms with E-state index in [-0.39, 0.29) is 5.91 Å². The fraction of sp³-hybridized carbons (Fsp3) is 0.368. The Hall–Kier alpha value is -2.16. The summed E-state index contributed by atoms with van der Waals surface area (Å²) in [6, 6.07) is 14.5. The van der Waals surface area contributed by atoms with Gasteiger partial charge in [0.25, 0.3) is 0 Å². The molecule has 1 atom stereocenters. The first kappa shape index (κ1) is 14.8. The van der Waals surface area contributed by atoms with Crippen LogP contribution in [0, 0.1) is 5.92 Å². The lowest BCUT2D eigenvalue weighted by Crippen LogP contribution is -2.29. The van der Waals surface area contributed by atoms with Crippen molar-refractivity contribution >= 4 is 5.91 Å². The molecule has 1 unspecified atom stereocenters. The van der Waals surface area contributed by atoms with E-state index in [1.807, 2.05) is 29.3 Å². The van der Waals surface area contributed by atoms with Crippen LogP contribution in [0.5, 0.6) is 0 Å². The van der Waals surface area contributed by atoms with Gasteiger partial charge in [-0.15, -0.1) is 0 Å². The Morgan fingerprint density at radius 2 is 1.95 bits per heavy atom. The van der Waals surface area contributed by atoms with Crippen molar-refractivity contribution in [1.29, 1.82) is 0 Å². The van der Waals surface area contributed by atoms with Crippen molar-refractivity contribution in [2.75, 3.05) is 13.1 Å². The van der Waals surface area contributed by atoms with Crippen LogP contribution in [-0.2, 0) is 17.6 Å². The quantitative estimate of drug-likeness (QED) is 0.849. The lowest BCUT2D eigenvalue weighted by molar-refractivity contribution is -0.130. The number of carbonyl (C=O) groups excluding carboxylic acids is 1. The zero-order valence-corrected chi connectivity index (χ0v) is 12.8. The second-order valence-corrected chi connectivity index (χ2v) is 6.05. The smallest absolute Gasteiger partial charge is 0.222 e. The summed E-state index contributed by atoms with van der Waals surface area (Å²) in [6.07, 6.45) is 7.17. The number of likely N-dealkylation sites (tertiary alicyclic amines) is 1. The summed E-state index contributed by atoms with van der Waals surface area (Å²) in [6.45, 7) is 1.81. The molecule has 1 saturated heterocycles. The van der Waals surface area contributed by atoms with Crippen LogP contribution in [0.15, 0.2) is 54.9 Å². The molecule has 0 aliphatic carbocycles. The Kier molecular flexibility index (Phi) is 4.84. The van der Waals surface area contributed by atoms with Crippen molar-refractivity contribution < 1.29 is 4.79 Å². The van der Waals surface area contributed by atoms with E-state index in [2.05, 4.69) is 29.2 Å². The molecule has 2 heterocycles. The first-order chi connectivity index (χ1) is 10.8. The van der Waals surface area contributed by atoms with Gasteiger partial charge in [0.2, 0.25) is 5.91 Å². The van der Waals surface area contributed by atoms with Crippen molar-refractivity contribution in [3.05, 3.63) is 66.0 Å². The molecule has 1 aliphatic heterocycles. The first-order valence-electron chi connectivity index (χ1n) is 8.02. The maximum Gasteiger partial charge on any atom is 0.222 e. The van der Waals surface area contributed by atoms with Gasteiger partial charge in [0.05, 0.1) is 0 Å². The van der Waals surface area contributed by atoms with E-state index in [1.165, 1.54) is 5.56 Å². The number of amides is 1. The molecule has 3 heteroatoms. The molecule has 1 aliphatic rings. The SMILES string of the molecule is O=C(CCc1cccnc1)N1CCC(Cc2ccccc2)C1. The zero-order chi connectivity index (χ0) is 15.2. The lowest BCUT2D eigenvalue weighted by Gasteiger charge is -2.16. The Balaban J connectivity index is 1.46. The van der Waals surface area contributed by atoms with Gasteiger partial charge in [-0.2, -0.15) is 0 Å². The largest absolute Gasteiger partial charge is 0.342 e. The number of carbonyl (C=O) groups is 1. The highest BCUT2D eigenvalue weighted by molar-refractivity contribution is 5.76. The van der Waals surface area contributed by atoms with Crippen molar-refractivity contribution in [1.82, 2.24) is 9.88 Å². The van der Waals surface area contributed by atoms with Gasteiger partial charge < -0.3 is 4.90 Å². The van der Waals surface area contributed by atoms with E-state index >= 15 is 0 Å². The van der Waals surface area contributed by atoms with Crippen molar-refractivity contribution in [2.24, 2.45) is 5.92 Å². The maximum atomic E-state index is 12.3. The Morgan fingerprint density at radius 1 is 1.14 bits per heavy atom. The molecule has 0 bridgehead atoms. The second kappa shape index (κ2) is 7.21. The van der Waals surface area contributed by atoms with Gasteiger partial charge in [-0.3, -0.25) is 9.78 Å². The van der Waals surface area contributed by atoms with Gasteiger partial charge in [-0.1, -0.05) is 36.4 Å². The standard InChI is InChI=1S/C19H22N2O/c22-19(9-8-17-7-4-11-20-14-17)21-12-10-18(15-21)13-16-5-2-1-3-6-16/h1-7,11,14,18H,8-10,12-13,15H2. The zero-order valence-electron chi connectivity index (χ0n) is 12.8. The molecule has 1 aromatic heterocycles. The van der Waals surface area contributed by atoms with Crippen LogP contribution < -0.4 is 0 Å². The summed E-state index contributed by atoms with van der Waals surface area (Å²) in [5, 5.41) is 0. The molecule has 0 saturated carbocycles. The van der Waals surface area contributed by atoms with Crippen molar-refractivity contribution in [2.45, 2.75) is 25.7 Å². The molecule has 0 radical (unpaired) electrons. The highest BCUT2D eigenvalue weighted by Gasteiger charge is 2.25. The van der Waals surface area contributed by atoms with E-state index in [4.69, 9.17) is 0 Å². The summed E-state index contributed by atoms with van der Waals surface area (Å²) >= 11 is 0. The molecule has 2 aromatic rings. The monoisotopic (exact) mass is 294 g/mol. The molecule has 3 nitrogen and oxygen atoms in total. The van der Waals surface area contributed by atoms with Crippen LogP contribution in [-0.4, -0.2) is 28.9 Å². The first-order valence-corrected chi connectivity index (χ1v) is 8.02. The predicted octanol–water partition coefficient (Wildman–Crippen LogP) is 3.11. The van der Waals surface area contributed by atoms with E-state index in [0.29, 0.717) is 12.3 Å². The summed E-state index contributed by atoms with van der Waals surface area (Å²) in [5.74, 6) is 0.879. The fourth-order valence-electron chi connectivity index (χ4n) is 3.13. The molecule has 1 aromatic carbocycles. The topological polar surface area (TPSA) is 33.2 Å². The minimum atomic E-state index is 0.277. The third-order valence-corrected chi connectivity index (χ3v) is 4.36. The summed E-state index contributed by atoms with van der Waals surface area (Å²) in [4.78, 5) is 18.4. The molecule has 1 amide bonds. The average Bonchev–Trinajstić information content (AvgIpc) is 3.03. The summed E-state index contributed by atoms with van der Waals surface area (Å²) in [7, 11) is 0. The molecular formula is C19H22N2O. The van der Waals surface area contributed by atoms with Gasteiger partial charge in [0, 0.05) is 31.9 Å². The molecule has 114 valence electrons. The fourth-order valence-corrected chi connectivity index (χ4v) is 3.13. The molecule has 22 heavy (non-hydrogen) atoms. The van der Waals surface area contributed by atoms with Crippen LogP contribution in [0.4, 0.5) is 0 Å². The van der Waals surface area contributed by atoms with Crippen molar-refractivity contribution in [3.63, 3.8) is 0 Å². The number of pyridine rings is 1. The van der Waals surface area contributed by atoms with E-state index in [0.717, 1.165) is 37.9 Å².